The first-order valence-corrected chi connectivity index (χ1v) is 26.9. The maximum absolute atomic E-state index is 13.0. The molecule has 3 heterocycles. The SMILES string of the molecule is CC(=O)NC1[C@H](O[C@H]2C(COCc3ccccc3)OC(O[C@@H]3C(COCc4ccccc4)O[C@@H](OCc4ccccc4)C(OCc4ccccc4)[C@H]3C)[C@@H](OCc3ccccc3)[C@H]2C)OC(COC(C)=O)[C@H](OC(C)=O)[C@@H]1C. The number of esters is 2. The molecule has 3 saturated heterocycles. The van der Waals surface area contributed by atoms with Crippen molar-refractivity contribution in [1.82, 2.24) is 5.32 Å². The van der Waals surface area contributed by atoms with Crippen molar-refractivity contribution in [1.29, 1.82) is 0 Å². The zero-order chi connectivity index (χ0) is 54.8. The standard InChI is InChI=1S/C62H75NO15/c1-40-54(63-43(4)64)60(74-53(39-69-44(5)65)55(40)73-45(6)66)77-56-42(3)59(71-35-49-28-18-10-19-29-49)62(76-52(56)38-68-33-47-24-14-8-15-25-47)78-57-41(2)58(70-34-48-26-16-9-17-27-48)61(72-36-50-30-20-11-21-31-50)75-51(57)37-67-32-46-22-12-7-13-23-46/h7-31,40-42,51-62H,32-39H2,1-6H3,(H,63,64)/t40-,41+,42+,51?,52?,53?,54?,55-,56-,57+,58?,59+,60+,61-,62?/m1/s1. The van der Waals surface area contributed by atoms with Gasteiger partial charge >= 0.3 is 11.9 Å². The third-order valence-electron chi connectivity index (χ3n) is 14.3. The van der Waals surface area contributed by atoms with Gasteiger partial charge in [0.1, 0.15) is 43.2 Å². The van der Waals surface area contributed by atoms with E-state index in [0.29, 0.717) is 6.61 Å². The lowest BCUT2D eigenvalue weighted by molar-refractivity contribution is -0.371. The minimum Gasteiger partial charge on any atom is -0.463 e. The van der Waals surface area contributed by atoms with Gasteiger partial charge in [-0.05, 0) is 27.8 Å². The molecule has 3 fully saturated rings. The van der Waals surface area contributed by atoms with Crippen LogP contribution < -0.4 is 5.32 Å². The molecule has 3 aliphatic rings. The van der Waals surface area contributed by atoms with Crippen LogP contribution in [0.5, 0.6) is 0 Å². The summed E-state index contributed by atoms with van der Waals surface area (Å²) in [6, 6.07) is 48.6. The molecule has 0 bridgehead atoms. The Bertz CT molecular complexity index is 2560. The lowest BCUT2D eigenvalue weighted by Gasteiger charge is -2.51. The Balaban J connectivity index is 1.14. The minimum absolute atomic E-state index is 0.0355. The Labute approximate surface area is 458 Å². The topological polar surface area (TPSA) is 174 Å². The van der Waals surface area contributed by atoms with E-state index in [4.69, 9.17) is 56.8 Å². The van der Waals surface area contributed by atoms with Gasteiger partial charge in [0.2, 0.25) is 5.91 Å². The Kier molecular flexibility index (Phi) is 21.9. The normalized spacial score (nSPS) is 29.0. The van der Waals surface area contributed by atoms with Gasteiger partial charge in [-0.2, -0.15) is 0 Å². The maximum atomic E-state index is 13.0. The smallest absolute Gasteiger partial charge is 0.303 e. The number of hydrogen-bond acceptors (Lipinski definition) is 15. The van der Waals surface area contributed by atoms with Gasteiger partial charge in [-0.1, -0.05) is 172 Å². The molecule has 8 rings (SSSR count). The summed E-state index contributed by atoms with van der Waals surface area (Å²) in [5, 5.41) is 2.99. The molecule has 6 unspecified atom stereocenters. The summed E-state index contributed by atoms with van der Waals surface area (Å²) in [4.78, 5) is 37.6. The highest BCUT2D eigenvalue weighted by Gasteiger charge is 2.54. The molecule has 16 nitrogen and oxygen atoms in total. The molecule has 1 amide bonds. The van der Waals surface area contributed by atoms with Crippen LogP contribution in [0, 0.1) is 17.8 Å². The number of carbonyl (C=O) groups excluding carboxylic acids is 3. The Morgan fingerprint density at radius 1 is 0.410 bits per heavy atom. The number of benzene rings is 5. The monoisotopic (exact) mass is 1070 g/mol. The van der Waals surface area contributed by atoms with Crippen molar-refractivity contribution in [3.05, 3.63) is 179 Å². The first-order chi connectivity index (χ1) is 37.9. The van der Waals surface area contributed by atoms with Gasteiger partial charge in [0.15, 0.2) is 18.9 Å². The predicted octanol–water partition coefficient (Wildman–Crippen LogP) is 8.66. The molecule has 78 heavy (non-hydrogen) atoms. The highest BCUT2D eigenvalue weighted by atomic mass is 16.8. The number of rotatable bonds is 25. The average Bonchev–Trinajstić information content (AvgIpc) is 3.63. The Morgan fingerprint density at radius 3 is 1.21 bits per heavy atom. The van der Waals surface area contributed by atoms with E-state index in [1.807, 2.05) is 166 Å². The summed E-state index contributed by atoms with van der Waals surface area (Å²) in [6.07, 6.45) is -9.40. The van der Waals surface area contributed by atoms with Gasteiger partial charge in [0.25, 0.3) is 0 Å². The summed E-state index contributed by atoms with van der Waals surface area (Å²) in [5.74, 6) is -2.94. The van der Waals surface area contributed by atoms with Crippen LogP contribution in [0.25, 0.3) is 0 Å². The molecule has 0 radical (unpaired) electrons. The van der Waals surface area contributed by atoms with Gasteiger partial charge in [-0.25, -0.2) is 0 Å². The second-order valence-corrected chi connectivity index (χ2v) is 20.3. The third kappa shape index (κ3) is 16.6. The quantitative estimate of drug-likeness (QED) is 0.0550. The van der Waals surface area contributed by atoms with E-state index in [0.717, 1.165) is 27.8 Å². The van der Waals surface area contributed by atoms with Crippen LogP contribution in [0.4, 0.5) is 0 Å². The molecule has 5 aromatic rings. The maximum Gasteiger partial charge on any atom is 0.303 e. The van der Waals surface area contributed by atoms with Gasteiger partial charge in [-0.15, -0.1) is 0 Å². The highest BCUT2D eigenvalue weighted by molar-refractivity contribution is 5.73. The molecule has 1 N–H and O–H groups in total. The van der Waals surface area contributed by atoms with Crippen molar-refractivity contribution in [2.24, 2.45) is 17.8 Å². The fourth-order valence-electron chi connectivity index (χ4n) is 10.3. The van der Waals surface area contributed by atoms with Crippen LogP contribution in [0.15, 0.2) is 152 Å². The molecular weight excluding hydrogens is 999 g/mol. The molecule has 5 aromatic carbocycles. The zero-order valence-corrected chi connectivity index (χ0v) is 45.4. The van der Waals surface area contributed by atoms with Crippen molar-refractivity contribution in [2.45, 2.75) is 148 Å². The molecule has 0 aliphatic carbocycles. The second kappa shape index (κ2) is 29.4. The predicted molar refractivity (Wildman–Crippen MR) is 286 cm³/mol. The summed E-state index contributed by atoms with van der Waals surface area (Å²) >= 11 is 0. The largest absolute Gasteiger partial charge is 0.463 e. The summed E-state index contributed by atoms with van der Waals surface area (Å²) in [5.41, 5.74) is 4.83. The Morgan fingerprint density at radius 2 is 0.782 bits per heavy atom. The molecule has 418 valence electrons. The van der Waals surface area contributed by atoms with Gasteiger partial charge < -0.3 is 62.2 Å². The number of carbonyl (C=O) groups is 3. The van der Waals surface area contributed by atoms with Crippen LogP contribution >= 0.6 is 0 Å². The number of hydrogen-bond donors (Lipinski definition) is 1. The van der Waals surface area contributed by atoms with E-state index in [1.165, 1.54) is 20.8 Å². The minimum atomic E-state index is -1.16. The molecule has 3 aliphatic heterocycles. The summed E-state index contributed by atoms with van der Waals surface area (Å²) in [7, 11) is 0. The van der Waals surface area contributed by atoms with Crippen LogP contribution in [0.3, 0.4) is 0 Å². The second-order valence-electron chi connectivity index (χ2n) is 20.3. The van der Waals surface area contributed by atoms with Crippen molar-refractivity contribution >= 4 is 17.8 Å². The van der Waals surface area contributed by atoms with Crippen molar-refractivity contribution in [3.8, 4) is 0 Å². The van der Waals surface area contributed by atoms with Crippen molar-refractivity contribution in [3.63, 3.8) is 0 Å². The number of amides is 1. The van der Waals surface area contributed by atoms with Gasteiger partial charge in [0, 0.05) is 38.5 Å². The van der Waals surface area contributed by atoms with E-state index in [2.05, 4.69) is 12.2 Å². The van der Waals surface area contributed by atoms with Crippen molar-refractivity contribution < 1.29 is 71.2 Å². The van der Waals surface area contributed by atoms with Crippen LogP contribution in [0.2, 0.25) is 0 Å². The fourth-order valence-corrected chi connectivity index (χ4v) is 10.3. The third-order valence-corrected chi connectivity index (χ3v) is 14.3. The fraction of sp³-hybridized carbons (Fsp3) is 0.468. The van der Waals surface area contributed by atoms with Gasteiger partial charge in [0.05, 0.1) is 64.5 Å². The number of ether oxygens (including phenoxy) is 12. The zero-order valence-electron chi connectivity index (χ0n) is 45.4. The lowest BCUT2D eigenvalue weighted by Crippen LogP contribution is -2.65. The molecule has 0 aromatic heterocycles. The molecule has 16 heteroatoms. The average molecular weight is 1070 g/mol. The first kappa shape index (κ1) is 58.3. The molecular formula is C62H75NO15. The van der Waals surface area contributed by atoms with E-state index in [9.17, 15) is 14.4 Å². The first-order valence-electron chi connectivity index (χ1n) is 26.9. The van der Waals surface area contributed by atoms with Crippen LogP contribution in [-0.4, -0.2) is 111 Å². The summed E-state index contributed by atoms with van der Waals surface area (Å²) < 4.78 is 80.0. The molecule has 15 atom stereocenters. The lowest BCUT2D eigenvalue weighted by atomic mass is 9.86. The number of nitrogens with one attached hydrogen (secondary N) is 1. The van der Waals surface area contributed by atoms with E-state index in [1.54, 1.807) is 0 Å². The highest BCUT2D eigenvalue weighted by Crippen LogP contribution is 2.40. The Hall–Kier alpha value is -5.89. The molecule has 0 saturated carbocycles. The van der Waals surface area contributed by atoms with E-state index < -0.39 is 97.5 Å². The van der Waals surface area contributed by atoms with E-state index in [-0.39, 0.29) is 58.1 Å². The summed E-state index contributed by atoms with van der Waals surface area (Å²) in [6.45, 7) is 11.1. The van der Waals surface area contributed by atoms with E-state index >= 15 is 0 Å². The molecule has 0 spiro atoms. The van der Waals surface area contributed by atoms with Crippen LogP contribution in [0.1, 0.15) is 69.4 Å². The van der Waals surface area contributed by atoms with Crippen LogP contribution in [-0.2, 0) is 104 Å². The van der Waals surface area contributed by atoms with Crippen molar-refractivity contribution in [2.75, 3.05) is 19.8 Å². The van der Waals surface area contributed by atoms with Gasteiger partial charge in [-0.3, -0.25) is 14.4 Å².